The molecular formula is C9H11N3O3. The summed E-state index contributed by atoms with van der Waals surface area (Å²) in [6, 6.07) is 1.64. The van der Waals surface area contributed by atoms with Crippen molar-refractivity contribution in [2.24, 2.45) is 0 Å². The minimum atomic E-state index is -1.20. The Morgan fingerprint density at radius 1 is 1.33 bits per heavy atom. The maximum atomic E-state index is 9.60. The van der Waals surface area contributed by atoms with Gasteiger partial charge >= 0.3 is 0 Å². The van der Waals surface area contributed by atoms with E-state index in [1.54, 1.807) is 6.07 Å². The van der Waals surface area contributed by atoms with Crippen LogP contribution in [0.1, 0.15) is 11.7 Å². The number of pyridine rings is 1. The van der Waals surface area contributed by atoms with Crippen molar-refractivity contribution >= 4 is 11.2 Å². The van der Waals surface area contributed by atoms with E-state index in [9.17, 15) is 10.2 Å². The SMILES string of the molecule is OCC(O)C(O)c1cnc2nc[nH]c2c1. The number of aliphatic hydroxyl groups is 3. The molecule has 0 aliphatic heterocycles. The van der Waals surface area contributed by atoms with Crippen LogP contribution in [0.2, 0.25) is 0 Å². The molecule has 0 amide bonds. The van der Waals surface area contributed by atoms with Crippen molar-refractivity contribution in [1.29, 1.82) is 0 Å². The maximum Gasteiger partial charge on any atom is 0.177 e. The fourth-order valence-electron chi connectivity index (χ4n) is 1.33. The second kappa shape index (κ2) is 3.93. The number of hydrogen-bond donors (Lipinski definition) is 4. The van der Waals surface area contributed by atoms with Gasteiger partial charge in [-0.15, -0.1) is 0 Å². The van der Waals surface area contributed by atoms with Crippen LogP contribution in [0.15, 0.2) is 18.6 Å². The zero-order valence-corrected chi connectivity index (χ0v) is 7.83. The van der Waals surface area contributed by atoms with E-state index in [0.717, 1.165) is 0 Å². The van der Waals surface area contributed by atoms with Crippen LogP contribution in [0.4, 0.5) is 0 Å². The van der Waals surface area contributed by atoms with Crippen LogP contribution >= 0.6 is 0 Å². The lowest BCUT2D eigenvalue weighted by atomic mass is 10.1. The molecule has 0 aromatic carbocycles. The first-order valence-electron chi connectivity index (χ1n) is 4.48. The zero-order chi connectivity index (χ0) is 10.8. The van der Waals surface area contributed by atoms with E-state index in [-0.39, 0.29) is 0 Å². The van der Waals surface area contributed by atoms with Gasteiger partial charge in [-0.3, -0.25) is 0 Å². The summed E-state index contributed by atoms with van der Waals surface area (Å²) in [5, 5.41) is 27.5. The van der Waals surface area contributed by atoms with Gasteiger partial charge in [0.05, 0.1) is 18.5 Å². The highest BCUT2D eigenvalue weighted by atomic mass is 16.4. The van der Waals surface area contributed by atoms with Gasteiger partial charge in [-0.2, -0.15) is 0 Å². The number of aliphatic hydroxyl groups excluding tert-OH is 3. The second-order valence-electron chi connectivity index (χ2n) is 3.24. The molecule has 6 nitrogen and oxygen atoms in total. The molecule has 4 N–H and O–H groups in total. The van der Waals surface area contributed by atoms with Gasteiger partial charge in [0.2, 0.25) is 0 Å². The highest BCUT2D eigenvalue weighted by molar-refractivity contribution is 5.70. The molecule has 15 heavy (non-hydrogen) atoms. The molecule has 0 radical (unpaired) electrons. The van der Waals surface area contributed by atoms with Crippen molar-refractivity contribution in [3.8, 4) is 0 Å². The molecule has 0 fully saturated rings. The molecule has 0 aliphatic carbocycles. The Labute approximate surface area is 85.2 Å². The van der Waals surface area contributed by atoms with Crippen LogP contribution in [0.5, 0.6) is 0 Å². The number of H-pyrrole nitrogens is 1. The Hall–Kier alpha value is -1.50. The Balaban J connectivity index is 2.35. The predicted molar refractivity (Wildman–Crippen MR) is 51.9 cm³/mol. The molecule has 2 aromatic heterocycles. The lowest BCUT2D eigenvalue weighted by molar-refractivity contribution is -0.0153. The minimum absolute atomic E-state index is 0.438. The number of aromatic amines is 1. The molecule has 0 aliphatic rings. The Bertz CT molecular complexity index is 457. The van der Waals surface area contributed by atoms with Gasteiger partial charge in [-0.05, 0) is 6.07 Å². The Morgan fingerprint density at radius 3 is 2.87 bits per heavy atom. The van der Waals surface area contributed by atoms with Gasteiger partial charge in [0.1, 0.15) is 12.2 Å². The summed E-state index contributed by atoms with van der Waals surface area (Å²) in [6.07, 6.45) is 0.575. The first-order chi connectivity index (χ1) is 7.22. The fourth-order valence-corrected chi connectivity index (χ4v) is 1.33. The molecule has 0 bridgehead atoms. The molecule has 2 unspecified atom stereocenters. The third kappa shape index (κ3) is 1.82. The normalized spacial score (nSPS) is 15.4. The van der Waals surface area contributed by atoms with Gasteiger partial charge in [0.25, 0.3) is 0 Å². The number of hydrogen-bond acceptors (Lipinski definition) is 5. The van der Waals surface area contributed by atoms with Crippen molar-refractivity contribution in [1.82, 2.24) is 15.0 Å². The number of nitrogens with one attached hydrogen (secondary N) is 1. The van der Waals surface area contributed by atoms with Crippen molar-refractivity contribution in [2.75, 3.05) is 6.61 Å². The second-order valence-corrected chi connectivity index (χ2v) is 3.24. The van der Waals surface area contributed by atoms with Gasteiger partial charge in [0, 0.05) is 11.8 Å². The average molecular weight is 209 g/mol. The lowest BCUT2D eigenvalue weighted by Gasteiger charge is -2.15. The number of rotatable bonds is 3. The molecule has 0 spiro atoms. The molecule has 2 rings (SSSR count). The molecule has 2 aromatic rings. The van der Waals surface area contributed by atoms with Crippen LogP contribution in [-0.2, 0) is 0 Å². The van der Waals surface area contributed by atoms with Crippen LogP contribution in [0.25, 0.3) is 11.2 Å². The summed E-state index contributed by atoms with van der Waals surface area (Å²) in [5.74, 6) is 0. The number of fused-ring (bicyclic) bond motifs is 1. The predicted octanol–water partition coefficient (Wildman–Crippen LogP) is -0.656. The highest BCUT2D eigenvalue weighted by Gasteiger charge is 2.18. The molecule has 80 valence electrons. The monoisotopic (exact) mass is 209 g/mol. The van der Waals surface area contributed by atoms with E-state index in [1.807, 2.05) is 0 Å². The average Bonchev–Trinajstić information content (AvgIpc) is 2.73. The van der Waals surface area contributed by atoms with Crippen LogP contribution in [0.3, 0.4) is 0 Å². The Morgan fingerprint density at radius 2 is 2.13 bits per heavy atom. The molecule has 2 atom stereocenters. The quantitative estimate of drug-likeness (QED) is 0.537. The van der Waals surface area contributed by atoms with Gasteiger partial charge in [0.15, 0.2) is 5.65 Å². The van der Waals surface area contributed by atoms with Gasteiger partial charge in [-0.1, -0.05) is 0 Å². The maximum absolute atomic E-state index is 9.60. The smallest absolute Gasteiger partial charge is 0.177 e. The summed E-state index contributed by atoms with van der Waals surface area (Å²) in [6.45, 7) is -0.498. The molecule has 6 heteroatoms. The van der Waals surface area contributed by atoms with E-state index in [1.165, 1.54) is 12.5 Å². The zero-order valence-electron chi connectivity index (χ0n) is 7.83. The van der Waals surface area contributed by atoms with E-state index < -0.39 is 18.8 Å². The van der Waals surface area contributed by atoms with E-state index >= 15 is 0 Å². The minimum Gasteiger partial charge on any atom is -0.394 e. The summed E-state index contributed by atoms with van der Waals surface area (Å²) in [7, 11) is 0. The van der Waals surface area contributed by atoms with E-state index in [4.69, 9.17) is 5.11 Å². The van der Waals surface area contributed by atoms with Gasteiger partial charge < -0.3 is 20.3 Å². The standard InChI is InChI=1S/C9H11N3O3/c13-3-7(14)8(15)5-1-6-9(10-2-5)12-4-11-6/h1-2,4,7-8,13-15H,3H2,(H,10,11,12). The molecule has 0 saturated heterocycles. The molecule has 2 heterocycles. The highest BCUT2D eigenvalue weighted by Crippen LogP contribution is 2.18. The fraction of sp³-hybridized carbons (Fsp3) is 0.333. The van der Waals surface area contributed by atoms with Crippen LogP contribution < -0.4 is 0 Å². The summed E-state index contributed by atoms with van der Waals surface area (Å²) < 4.78 is 0. The van der Waals surface area contributed by atoms with Crippen LogP contribution in [-0.4, -0.2) is 43.0 Å². The summed E-state index contributed by atoms with van der Waals surface area (Å²) in [4.78, 5) is 10.8. The molecule has 0 saturated carbocycles. The first-order valence-corrected chi connectivity index (χ1v) is 4.48. The van der Waals surface area contributed by atoms with E-state index in [2.05, 4.69) is 15.0 Å². The van der Waals surface area contributed by atoms with Crippen molar-refractivity contribution in [2.45, 2.75) is 12.2 Å². The molecular weight excluding hydrogens is 198 g/mol. The van der Waals surface area contributed by atoms with E-state index in [0.29, 0.717) is 16.7 Å². The third-order valence-corrected chi connectivity index (χ3v) is 2.19. The van der Waals surface area contributed by atoms with Crippen molar-refractivity contribution in [3.05, 3.63) is 24.2 Å². The number of aromatic nitrogens is 3. The van der Waals surface area contributed by atoms with Crippen molar-refractivity contribution < 1.29 is 15.3 Å². The number of nitrogens with zero attached hydrogens (tertiary/aromatic N) is 2. The first kappa shape index (κ1) is 10.0. The number of imidazole rings is 1. The summed E-state index contributed by atoms with van der Waals surface area (Å²) in [5.41, 5.74) is 1.66. The summed E-state index contributed by atoms with van der Waals surface area (Å²) >= 11 is 0. The topological polar surface area (TPSA) is 102 Å². The van der Waals surface area contributed by atoms with Gasteiger partial charge in [-0.25, -0.2) is 9.97 Å². The van der Waals surface area contributed by atoms with Crippen LogP contribution in [0, 0.1) is 0 Å². The van der Waals surface area contributed by atoms with Crippen molar-refractivity contribution in [3.63, 3.8) is 0 Å². The largest absolute Gasteiger partial charge is 0.394 e. The Kier molecular flexibility index (Phi) is 2.63. The lowest BCUT2D eigenvalue weighted by Crippen LogP contribution is -2.22. The third-order valence-electron chi connectivity index (χ3n) is 2.19.